The van der Waals surface area contributed by atoms with Gasteiger partial charge in [-0.15, -0.1) is 0 Å². The Labute approximate surface area is 177 Å². The number of nitrogens with zero attached hydrogens (tertiary/aromatic N) is 4. The highest BCUT2D eigenvalue weighted by atomic mass is 19.1. The Morgan fingerprint density at radius 3 is 2.27 bits per heavy atom. The zero-order valence-corrected chi connectivity index (χ0v) is 17.4. The van der Waals surface area contributed by atoms with Gasteiger partial charge in [-0.05, 0) is 55.5 Å². The molecule has 2 aromatic rings. The van der Waals surface area contributed by atoms with E-state index in [-0.39, 0.29) is 11.7 Å². The molecule has 30 heavy (non-hydrogen) atoms. The lowest BCUT2D eigenvalue weighted by atomic mass is 10.2. The first-order valence-corrected chi connectivity index (χ1v) is 10.5. The van der Waals surface area contributed by atoms with Crippen LogP contribution < -0.4 is 15.2 Å². The van der Waals surface area contributed by atoms with E-state index in [0.29, 0.717) is 12.1 Å². The number of piperazine rings is 1. The molecule has 0 spiro atoms. The molecule has 2 aromatic carbocycles. The highest BCUT2D eigenvalue weighted by molar-refractivity contribution is 5.94. The van der Waals surface area contributed by atoms with Crippen molar-refractivity contribution in [2.45, 2.75) is 13.3 Å². The van der Waals surface area contributed by atoms with Crippen molar-refractivity contribution >= 4 is 23.0 Å². The van der Waals surface area contributed by atoms with Crippen LogP contribution in [-0.4, -0.2) is 62.3 Å². The number of nitrogens with one attached hydrogen (secondary N) is 1. The molecule has 2 heterocycles. The number of hydrazone groups is 1. The van der Waals surface area contributed by atoms with Crippen LogP contribution in [0, 0.1) is 5.82 Å². The summed E-state index contributed by atoms with van der Waals surface area (Å²) in [7, 11) is 0. The maximum atomic E-state index is 13.1. The molecule has 1 saturated heterocycles. The van der Waals surface area contributed by atoms with E-state index in [1.165, 1.54) is 12.1 Å². The quantitative estimate of drug-likeness (QED) is 0.797. The first-order valence-electron chi connectivity index (χ1n) is 10.5. The van der Waals surface area contributed by atoms with Crippen molar-refractivity contribution in [1.82, 2.24) is 10.2 Å². The number of amides is 1. The molecule has 0 bridgehead atoms. The second-order valence-corrected chi connectivity index (χ2v) is 7.82. The summed E-state index contributed by atoms with van der Waals surface area (Å²) in [5.41, 5.74) is 3.88. The van der Waals surface area contributed by atoms with Crippen LogP contribution in [0.3, 0.4) is 0 Å². The summed E-state index contributed by atoms with van der Waals surface area (Å²) >= 11 is 0. The largest absolute Gasteiger partial charge is 0.369 e. The highest BCUT2D eigenvalue weighted by Gasteiger charge is 2.17. The summed E-state index contributed by atoms with van der Waals surface area (Å²) in [6, 6.07) is 14.3. The van der Waals surface area contributed by atoms with Gasteiger partial charge in [0.15, 0.2) is 0 Å². The zero-order chi connectivity index (χ0) is 20.9. The van der Waals surface area contributed by atoms with E-state index in [0.717, 1.165) is 62.8 Å². The summed E-state index contributed by atoms with van der Waals surface area (Å²) in [5, 5.41) is 9.48. The first kappa shape index (κ1) is 20.3. The summed E-state index contributed by atoms with van der Waals surface area (Å²) in [6.07, 6.45) is 0.987. The van der Waals surface area contributed by atoms with Gasteiger partial charge in [-0.3, -0.25) is 14.7 Å². The van der Waals surface area contributed by atoms with Crippen LogP contribution in [0.2, 0.25) is 0 Å². The lowest BCUT2D eigenvalue weighted by molar-refractivity contribution is 0.0948. The predicted octanol–water partition coefficient (Wildman–Crippen LogP) is 2.96. The molecule has 158 valence electrons. The molecule has 0 atom stereocenters. The molecular weight excluding hydrogens is 381 g/mol. The molecule has 2 aliphatic heterocycles. The van der Waals surface area contributed by atoms with E-state index in [1.807, 2.05) is 48.3 Å². The minimum atomic E-state index is -0.206. The molecule has 6 nitrogen and oxygen atoms in total. The fourth-order valence-corrected chi connectivity index (χ4v) is 3.86. The minimum Gasteiger partial charge on any atom is -0.369 e. The van der Waals surface area contributed by atoms with Crippen molar-refractivity contribution in [2.75, 3.05) is 55.7 Å². The van der Waals surface area contributed by atoms with Gasteiger partial charge >= 0.3 is 0 Å². The van der Waals surface area contributed by atoms with Crippen molar-refractivity contribution in [3.63, 3.8) is 0 Å². The number of anilines is 2. The molecule has 0 radical (unpaired) electrons. The summed E-state index contributed by atoms with van der Waals surface area (Å²) in [5.74, 6) is -0.255. The normalized spacial score (nSPS) is 17.2. The molecule has 0 aliphatic carbocycles. The van der Waals surface area contributed by atoms with Crippen molar-refractivity contribution in [2.24, 2.45) is 5.10 Å². The van der Waals surface area contributed by atoms with Crippen LogP contribution in [0.15, 0.2) is 53.6 Å². The number of hydrogen-bond donors (Lipinski definition) is 1. The first-order chi connectivity index (χ1) is 14.6. The van der Waals surface area contributed by atoms with Gasteiger partial charge in [0.1, 0.15) is 5.82 Å². The van der Waals surface area contributed by atoms with Crippen molar-refractivity contribution in [3.8, 4) is 0 Å². The number of hydrogen-bond acceptors (Lipinski definition) is 5. The smallest absolute Gasteiger partial charge is 0.251 e. The van der Waals surface area contributed by atoms with Crippen LogP contribution in [0.4, 0.5) is 15.8 Å². The summed E-state index contributed by atoms with van der Waals surface area (Å²) in [6.45, 7) is 8.03. The molecule has 7 heteroatoms. The van der Waals surface area contributed by atoms with Gasteiger partial charge in [-0.25, -0.2) is 4.39 Å². The van der Waals surface area contributed by atoms with Gasteiger partial charge < -0.3 is 10.2 Å². The summed E-state index contributed by atoms with van der Waals surface area (Å²) < 4.78 is 13.1. The van der Waals surface area contributed by atoms with Crippen LogP contribution >= 0.6 is 0 Å². The van der Waals surface area contributed by atoms with E-state index in [9.17, 15) is 9.18 Å². The SMILES string of the molecule is CC1=NN(c2ccc(C(=O)NCCN3CCN(c4ccc(F)cc4)CC3)cc2)CC1. The van der Waals surface area contributed by atoms with Crippen molar-refractivity contribution < 1.29 is 9.18 Å². The van der Waals surface area contributed by atoms with Gasteiger partial charge in [0.2, 0.25) is 0 Å². The van der Waals surface area contributed by atoms with Crippen LogP contribution in [0.1, 0.15) is 23.7 Å². The summed E-state index contributed by atoms with van der Waals surface area (Å²) in [4.78, 5) is 17.0. The van der Waals surface area contributed by atoms with Gasteiger partial charge in [0.05, 0.1) is 5.69 Å². The number of rotatable bonds is 6. The highest BCUT2D eigenvalue weighted by Crippen LogP contribution is 2.20. The fourth-order valence-electron chi connectivity index (χ4n) is 3.86. The maximum Gasteiger partial charge on any atom is 0.251 e. The molecule has 0 unspecified atom stereocenters. The van der Waals surface area contributed by atoms with E-state index in [2.05, 4.69) is 20.2 Å². The Hall–Kier alpha value is -2.93. The fraction of sp³-hybridized carbons (Fsp3) is 0.391. The van der Waals surface area contributed by atoms with Crippen LogP contribution in [-0.2, 0) is 0 Å². The maximum absolute atomic E-state index is 13.1. The van der Waals surface area contributed by atoms with E-state index in [1.54, 1.807) is 0 Å². The standard InChI is InChI=1S/C23H28FN5O/c1-18-10-12-29(26-18)22-6-2-19(3-7-22)23(30)25-11-13-27-14-16-28(17-15-27)21-8-4-20(24)5-9-21/h2-9H,10-17H2,1H3,(H,25,30). The average molecular weight is 410 g/mol. The third-order valence-electron chi connectivity index (χ3n) is 5.68. The Morgan fingerprint density at radius 2 is 1.63 bits per heavy atom. The van der Waals surface area contributed by atoms with Crippen molar-refractivity contribution in [1.29, 1.82) is 0 Å². The van der Waals surface area contributed by atoms with E-state index in [4.69, 9.17) is 0 Å². The van der Waals surface area contributed by atoms with E-state index >= 15 is 0 Å². The molecule has 1 N–H and O–H groups in total. The number of carbonyl (C=O) groups excluding carboxylic acids is 1. The van der Waals surface area contributed by atoms with Crippen LogP contribution in [0.25, 0.3) is 0 Å². The number of halogens is 1. The molecular formula is C23H28FN5O. The second-order valence-electron chi connectivity index (χ2n) is 7.82. The minimum absolute atomic E-state index is 0.0485. The second kappa shape index (κ2) is 9.26. The van der Waals surface area contributed by atoms with Crippen molar-refractivity contribution in [3.05, 3.63) is 59.9 Å². The third-order valence-corrected chi connectivity index (χ3v) is 5.68. The molecule has 0 aromatic heterocycles. The van der Waals surface area contributed by atoms with E-state index < -0.39 is 0 Å². The van der Waals surface area contributed by atoms with Gasteiger partial charge in [0, 0.05) is 69.2 Å². The van der Waals surface area contributed by atoms with Gasteiger partial charge in [-0.1, -0.05) is 0 Å². The Kier molecular flexibility index (Phi) is 6.28. The predicted molar refractivity (Wildman–Crippen MR) is 119 cm³/mol. The topological polar surface area (TPSA) is 51.2 Å². The third kappa shape index (κ3) is 4.97. The number of benzene rings is 2. The molecule has 2 aliphatic rings. The molecule has 0 saturated carbocycles. The van der Waals surface area contributed by atoms with Crippen LogP contribution in [0.5, 0.6) is 0 Å². The number of carbonyl (C=O) groups is 1. The molecule has 4 rings (SSSR count). The Morgan fingerprint density at radius 1 is 0.967 bits per heavy atom. The molecule has 1 fully saturated rings. The molecule has 1 amide bonds. The average Bonchev–Trinajstić information content (AvgIpc) is 3.21. The Bertz CT molecular complexity index is 889. The lowest BCUT2D eigenvalue weighted by Crippen LogP contribution is -2.48. The monoisotopic (exact) mass is 409 g/mol. The van der Waals surface area contributed by atoms with Gasteiger partial charge in [0.25, 0.3) is 5.91 Å². The van der Waals surface area contributed by atoms with Gasteiger partial charge in [-0.2, -0.15) is 5.10 Å². The lowest BCUT2D eigenvalue weighted by Gasteiger charge is -2.36. The zero-order valence-electron chi connectivity index (χ0n) is 17.4. The Balaban J connectivity index is 1.19.